The van der Waals surface area contributed by atoms with E-state index < -0.39 is 5.54 Å². The van der Waals surface area contributed by atoms with Crippen LogP contribution in [0.2, 0.25) is 5.02 Å². The third-order valence-corrected chi connectivity index (χ3v) is 4.75. The Balaban J connectivity index is 1.62. The maximum atomic E-state index is 12.4. The summed E-state index contributed by atoms with van der Waals surface area (Å²) >= 11 is 6.22. The summed E-state index contributed by atoms with van der Waals surface area (Å²) in [6.45, 7) is 3.07. The number of nitrogens with zero attached hydrogens (tertiary/aromatic N) is 2. The summed E-state index contributed by atoms with van der Waals surface area (Å²) < 4.78 is 0. The molecule has 4 nitrogen and oxygen atoms in total. The molecule has 108 valence electrons. The monoisotopic (exact) mass is 293 g/mol. The number of hydrogen-bond donors (Lipinski definition) is 1. The maximum Gasteiger partial charge on any atom is 0.242 e. The van der Waals surface area contributed by atoms with Gasteiger partial charge in [0.1, 0.15) is 0 Å². The van der Waals surface area contributed by atoms with Crippen molar-refractivity contribution in [2.45, 2.75) is 24.8 Å². The van der Waals surface area contributed by atoms with E-state index in [1.54, 1.807) is 0 Å². The van der Waals surface area contributed by atoms with E-state index in [1.165, 1.54) is 0 Å². The first-order valence-corrected chi connectivity index (χ1v) is 7.56. The van der Waals surface area contributed by atoms with Crippen LogP contribution in [0.3, 0.4) is 0 Å². The third-order valence-electron chi connectivity index (χ3n) is 4.43. The maximum absolute atomic E-state index is 12.4. The number of carbonyl (C=O) groups excluding carboxylic acids is 1. The molecule has 1 saturated carbocycles. The molecule has 1 heterocycles. The molecule has 0 radical (unpaired) electrons. The first kappa shape index (κ1) is 13.7. The van der Waals surface area contributed by atoms with E-state index >= 15 is 0 Å². The van der Waals surface area contributed by atoms with Gasteiger partial charge in [0, 0.05) is 26.2 Å². The standard InChI is InChI=1S/C15H20ClN3O/c16-12-4-1-2-5-13(12)18-8-10-19(11-9-18)14(20)15(17)6-3-7-15/h1-2,4-5H,3,6-11,17H2. The molecule has 1 aromatic carbocycles. The third kappa shape index (κ3) is 2.38. The molecule has 1 aliphatic heterocycles. The zero-order chi connectivity index (χ0) is 14.2. The summed E-state index contributed by atoms with van der Waals surface area (Å²) in [4.78, 5) is 16.5. The fourth-order valence-electron chi connectivity index (χ4n) is 2.95. The van der Waals surface area contributed by atoms with E-state index in [0.717, 1.165) is 56.2 Å². The molecule has 0 spiro atoms. The van der Waals surface area contributed by atoms with Crippen molar-refractivity contribution in [2.24, 2.45) is 5.73 Å². The van der Waals surface area contributed by atoms with Crippen LogP contribution in [0.1, 0.15) is 19.3 Å². The second kappa shape index (κ2) is 5.26. The molecule has 20 heavy (non-hydrogen) atoms. The summed E-state index contributed by atoms with van der Waals surface area (Å²) in [5.74, 6) is 0.127. The topological polar surface area (TPSA) is 49.6 Å². The predicted molar refractivity (Wildman–Crippen MR) is 81.0 cm³/mol. The zero-order valence-corrected chi connectivity index (χ0v) is 12.3. The van der Waals surface area contributed by atoms with Gasteiger partial charge in [-0.1, -0.05) is 23.7 Å². The lowest BCUT2D eigenvalue weighted by Gasteiger charge is -2.43. The highest BCUT2D eigenvalue weighted by atomic mass is 35.5. The van der Waals surface area contributed by atoms with Crippen LogP contribution in [0, 0.1) is 0 Å². The Labute approximate surface area is 124 Å². The van der Waals surface area contributed by atoms with Crippen molar-refractivity contribution < 1.29 is 4.79 Å². The minimum atomic E-state index is -0.577. The Morgan fingerprint density at radius 2 is 1.80 bits per heavy atom. The largest absolute Gasteiger partial charge is 0.367 e. The van der Waals surface area contributed by atoms with Gasteiger partial charge in [0.2, 0.25) is 5.91 Å². The number of rotatable bonds is 2. The normalized spacial score (nSPS) is 21.5. The second-order valence-corrected chi connectivity index (χ2v) is 6.15. The highest BCUT2D eigenvalue weighted by Gasteiger charge is 2.43. The fourth-order valence-corrected chi connectivity index (χ4v) is 3.20. The number of carbonyl (C=O) groups is 1. The fraction of sp³-hybridized carbons (Fsp3) is 0.533. The Morgan fingerprint density at radius 1 is 1.15 bits per heavy atom. The van der Waals surface area contributed by atoms with Crippen LogP contribution in [-0.4, -0.2) is 42.5 Å². The Kier molecular flexibility index (Phi) is 3.61. The molecule has 0 bridgehead atoms. The van der Waals surface area contributed by atoms with E-state index in [2.05, 4.69) is 4.90 Å². The average Bonchev–Trinajstić information content (AvgIpc) is 2.45. The van der Waals surface area contributed by atoms with Gasteiger partial charge in [-0.15, -0.1) is 0 Å². The van der Waals surface area contributed by atoms with Crippen molar-refractivity contribution in [3.05, 3.63) is 29.3 Å². The highest BCUT2D eigenvalue weighted by Crippen LogP contribution is 2.32. The minimum absolute atomic E-state index is 0.127. The second-order valence-electron chi connectivity index (χ2n) is 5.74. The highest BCUT2D eigenvalue weighted by molar-refractivity contribution is 6.33. The molecule has 2 aliphatic rings. The summed E-state index contributed by atoms with van der Waals surface area (Å²) in [5, 5.41) is 0.765. The number of anilines is 1. The van der Waals surface area contributed by atoms with Gasteiger partial charge in [0.15, 0.2) is 0 Å². The zero-order valence-electron chi connectivity index (χ0n) is 11.5. The van der Waals surface area contributed by atoms with Crippen LogP contribution in [-0.2, 0) is 4.79 Å². The molecule has 0 atom stereocenters. The molecule has 1 saturated heterocycles. The molecule has 1 aromatic rings. The Hall–Kier alpha value is -1.26. The van der Waals surface area contributed by atoms with Crippen molar-refractivity contribution in [1.82, 2.24) is 4.90 Å². The lowest BCUT2D eigenvalue weighted by atomic mass is 9.76. The number of halogens is 1. The van der Waals surface area contributed by atoms with Crippen molar-refractivity contribution in [2.75, 3.05) is 31.1 Å². The van der Waals surface area contributed by atoms with Crippen molar-refractivity contribution in [3.8, 4) is 0 Å². The van der Waals surface area contributed by atoms with Gasteiger partial charge in [0.25, 0.3) is 0 Å². The molecule has 2 N–H and O–H groups in total. The van der Waals surface area contributed by atoms with Gasteiger partial charge in [-0.25, -0.2) is 0 Å². The molecule has 1 aliphatic carbocycles. The SMILES string of the molecule is NC1(C(=O)N2CCN(c3ccccc3Cl)CC2)CCC1. The summed E-state index contributed by atoms with van der Waals surface area (Å²) in [6.07, 6.45) is 2.73. The van der Waals surface area contributed by atoms with Gasteiger partial charge in [-0.3, -0.25) is 4.79 Å². The van der Waals surface area contributed by atoms with Gasteiger partial charge >= 0.3 is 0 Å². The summed E-state index contributed by atoms with van der Waals surface area (Å²) in [5.41, 5.74) is 6.59. The summed E-state index contributed by atoms with van der Waals surface area (Å²) in [6, 6.07) is 7.84. The van der Waals surface area contributed by atoms with Crippen LogP contribution in [0.15, 0.2) is 24.3 Å². The number of nitrogens with two attached hydrogens (primary N) is 1. The van der Waals surface area contributed by atoms with E-state index in [1.807, 2.05) is 29.2 Å². The van der Waals surface area contributed by atoms with Crippen LogP contribution < -0.4 is 10.6 Å². The molecule has 5 heteroatoms. The number of piperazine rings is 1. The Bertz CT molecular complexity index is 508. The number of benzene rings is 1. The van der Waals surface area contributed by atoms with Crippen molar-refractivity contribution in [1.29, 1.82) is 0 Å². The molecular weight excluding hydrogens is 274 g/mol. The molecule has 1 amide bonds. The van der Waals surface area contributed by atoms with Crippen LogP contribution >= 0.6 is 11.6 Å². The van der Waals surface area contributed by atoms with E-state index in [0.29, 0.717) is 0 Å². The smallest absolute Gasteiger partial charge is 0.242 e. The Morgan fingerprint density at radius 3 is 2.35 bits per heavy atom. The minimum Gasteiger partial charge on any atom is -0.367 e. The molecule has 0 aromatic heterocycles. The van der Waals surface area contributed by atoms with Crippen LogP contribution in [0.5, 0.6) is 0 Å². The van der Waals surface area contributed by atoms with Crippen LogP contribution in [0.4, 0.5) is 5.69 Å². The molecular formula is C15H20ClN3O. The quantitative estimate of drug-likeness (QED) is 0.906. The van der Waals surface area contributed by atoms with Crippen LogP contribution in [0.25, 0.3) is 0 Å². The summed E-state index contributed by atoms with van der Waals surface area (Å²) in [7, 11) is 0. The number of amides is 1. The predicted octanol–water partition coefficient (Wildman–Crippen LogP) is 1.87. The molecule has 3 rings (SSSR count). The van der Waals surface area contributed by atoms with E-state index in [-0.39, 0.29) is 5.91 Å². The number of hydrogen-bond acceptors (Lipinski definition) is 3. The van der Waals surface area contributed by atoms with E-state index in [9.17, 15) is 4.79 Å². The average molecular weight is 294 g/mol. The lowest BCUT2D eigenvalue weighted by Crippen LogP contribution is -2.62. The van der Waals surface area contributed by atoms with Crippen molar-refractivity contribution in [3.63, 3.8) is 0 Å². The molecule has 0 unspecified atom stereocenters. The number of para-hydroxylation sites is 1. The molecule has 2 fully saturated rings. The van der Waals surface area contributed by atoms with Gasteiger partial charge < -0.3 is 15.5 Å². The van der Waals surface area contributed by atoms with Gasteiger partial charge in [-0.2, -0.15) is 0 Å². The van der Waals surface area contributed by atoms with Crippen molar-refractivity contribution >= 4 is 23.2 Å². The van der Waals surface area contributed by atoms with Gasteiger partial charge in [0.05, 0.1) is 16.2 Å². The van der Waals surface area contributed by atoms with Gasteiger partial charge in [-0.05, 0) is 31.4 Å². The van der Waals surface area contributed by atoms with E-state index in [4.69, 9.17) is 17.3 Å². The first-order chi connectivity index (χ1) is 9.60. The first-order valence-electron chi connectivity index (χ1n) is 7.18. The lowest BCUT2D eigenvalue weighted by molar-refractivity contribution is -0.140.